The van der Waals surface area contributed by atoms with Crippen LogP contribution >= 0.6 is 11.6 Å². The van der Waals surface area contributed by atoms with E-state index in [0.29, 0.717) is 29.4 Å². The van der Waals surface area contributed by atoms with E-state index < -0.39 is 31.4 Å². The number of nitro benzene ring substituents is 1. The maximum absolute atomic E-state index is 13.2. The summed E-state index contributed by atoms with van der Waals surface area (Å²) in [5, 5.41) is 19.2. The van der Waals surface area contributed by atoms with Crippen molar-refractivity contribution in [2.75, 3.05) is 19.7 Å². The molecule has 214 valence electrons. The molecule has 0 spiro atoms. The van der Waals surface area contributed by atoms with Crippen LogP contribution in [0.15, 0.2) is 47.4 Å². The van der Waals surface area contributed by atoms with Gasteiger partial charge in [-0.2, -0.15) is 9.78 Å². The molecule has 1 aromatic heterocycles. The third-order valence-corrected chi connectivity index (χ3v) is 7.88. The summed E-state index contributed by atoms with van der Waals surface area (Å²) in [5.74, 6) is -0.590. The van der Waals surface area contributed by atoms with Gasteiger partial charge >= 0.3 is 0 Å². The number of carbonyl (C=O) groups is 1. The molecule has 0 radical (unpaired) electrons. The topological polar surface area (TPSA) is 155 Å². The highest BCUT2D eigenvalue weighted by Gasteiger charge is 2.28. The lowest BCUT2D eigenvalue weighted by atomic mass is 10.2. The van der Waals surface area contributed by atoms with Gasteiger partial charge in [0, 0.05) is 42.4 Å². The molecule has 2 aromatic carbocycles. The maximum atomic E-state index is 13.2. The summed E-state index contributed by atoms with van der Waals surface area (Å²) in [5.41, 5.74) is 0.461. The zero-order valence-corrected chi connectivity index (χ0v) is 23.8. The van der Waals surface area contributed by atoms with Gasteiger partial charge < -0.3 is 14.8 Å². The van der Waals surface area contributed by atoms with E-state index in [4.69, 9.17) is 21.1 Å². The molecular formula is C26H30ClN5O7S. The number of rotatable bonds is 11. The summed E-state index contributed by atoms with van der Waals surface area (Å²) >= 11 is 6.06. The third kappa shape index (κ3) is 6.78. The molecule has 3 aromatic rings. The van der Waals surface area contributed by atoms with Gasteiger partial charge in [0.05, 0.1) is 16.7 Å². The number of nitrogens with one attached hydrogen (secondary N) is 2. The number of ether oxygens (including phenoxy) is 2. The summed E-state index contributed by atoms with van der Waals surface area (Å²) in [7, 11) is -4.21. The van der Waals surface area contributed by atoms with Crippen LogP contribution in [0, 0.1) is 23.0 Å². The van der Waals surface area contributed by atoms with Gasteiger partial charge in [0.2, 0.25) is 15.9 Å². The molecule has 1 amide bonds. The average Bonchev–Trinajstić information content (AvgIpc) is 3.55. The molecule has 1 atom stereocenters. The van der Waals surface area contributed by atoms with E-state index in [1.165, 1.54) is 10.7 Å². The Hall–Kier alpha value is -3.52. The van der Waals surface area contributed by atoms with E-state index in [9.17, 15) is 23.3 Å². The Kier molecular flexibility index (Phi) is 9.08. The molecule has 2 N–H and O–H groups in total. The fourth-order valence-corrected chi connectivity index (χ4v) is 5.52. The smallest absolute Gasteiger partial charge is 0.272 e. The second-order valence-electron chi connectivity index (χ2n) is 9.75. The summed E-state index contributed by atoms with van der Waals surface area (Å²) in [4.78, 5) is 23.5. The number of nitrogens with zero attached hydrogens (tertiary/aromatic N) is 3. The molecule has 0 unspecified atom stereocenters. The van der Waals surface area contributed by atoms with Crippen LogP contribution in [-0.4, -0.2) is 54.8 Å². The highest BCUT2D eigenvalue weighted by Crippen LogP contribution is 2.36. The molecule has 40 heavy (non-hydrogen) atoms. The van der Waals surface area contributed by atoms with E-state index in [-0.39, 0.29) is 35.9 Å². The normalized spacial score (nSPS) is 15.4. The minimum Gasteiger partial charge on any atom is -0.437 e. The van der Waals surface area contributed by atoms with Crippen LogP contribution in [0.3, 0.4) is 0 Å². The van der Waals surface area contributed by atoms with Crippen LogP contribution in [0.4, 0.5) is 5.69 Å². The SMILES string of the molecule is Cc1c(C(=O)NC[C@@H]2CCCO2)nn(-c2ccc(Cl)cc2)c1Oc1ccc([N+](=O)[O-])cc1S(=O)(=O)NCC(C)C. The molecule has 2 heterocycles. The largest absolute Gasteiger partial charge is 0.437 e. The van der Waals surface area contributed by atoms with Crippen molar-refractivity contribution in [3.63, 3.8) is 0 Å². The molecule has 1 aliphatic rings. The fourth-order valence-electron chi connectivity index (χ4n) is 4.03. The molecule has 0 saturated carbocycles. The molecule has 0 aliphatic carbocycles. The van der Waals surface area contributed by atoms with Crippen molar-refractivity contribution < 1.29 is 27.6 Å². The van der Waals surface area contributed by atoms with Crippen molar-refractivity contribution >= 4 is 33.2 Å². The Balaban J connectivity index is 1.77. The third-order valence-electron chi connectivity index (χ3n) is 6.18. The van der Waals surface area contributed by atoms with Crippen LogP contribution in [-0.2, 0) is 14.8 Å². The summed E-state index contributed by atoms with van der Waals surface area (Å²) in [6.45, 7) is 6.34. The van der Waals surface area contributed by atoms with Crippen molar-refractivity contribution in [2.45, 2.75) is 44.6 Å². The number of amides is 1. The number of benzene rings is 2. The summed E-state index contributed by atoms with van der Waals surface area (Å²) < 4.78 is 41.9. The Morgan fingerprint density at radius 1 is 1.27 bits per heavy atom. The van der Waals surface area contributed by atoms with Gasteiger partial charge in [0.25, 0.3) is 11.6 Å². The van der Waals surface area contributed by atoms with Crippen LogP contribution in [0.25, 0.3) is 5.69 Å². The first-order valence-corrected chi connectivity index (χ1v) is 14.5. The molecule has 4 rings (SSSR count). The van der Waals surface area contributed by atoms with E-state index in [1.807, 2.05) is 13.8 Å². The monoisotopic (exact) mass is 591 g/mol. The van der Waals surface area contributed by atoms with E-state index >= 15 is 0 Å². The number of aromatic nitrogens is 2. The molecule has 1 aliphatic heterocycles. The van der Waals surface area contributed by atoms with Gasteiger partial charge in [-0.05, 0) is 56.0 Å². The van der Waals surface area contributed by atoms with Crippen molar-refractivity contribution in [1.82, 2.24) is 19.8 Å². The predicted octanol–water partition coefficient (Wildman–Crippen LogP) is 4.38. The molecule has 0 bridgehead atoms. The lowest BCUT2D eigenvalue weighted by Crippen LogP contribution is -2.32. The lowest BCUT2D eigenvalue weighted by molar-refractivity contribution is -0.385. The molecule has 12 nitrogen and oxygen atoms in total. The Labute approximate surface area is 236 Å². The highest BCUT2D eigenvalue weighted by atomic mass is 35.5. The van der Waals surface area contributed by atoms with E-state index in [1.54, 1.807) is 31.2 Å². The average molecular weight is 592 g/mol. The van der Waals surface area contributed by atoms with Crippen LogP contribution in [0.2, 0.25) is 5.02 Å². The highest BCUT2D eigenvalue weighted by molar-refractivity contribution is 7.89. The molecule has 14 heteroatoms. The Morgan fingerprint density at radius 2 is 2.00 bits per heavy atom. The van der Waals surface area contributed by atoms with Crippen LogP contribution in [0.1, 0.15) is 42.7 Å². The van der Waals surface area contributed by atoms with Gasteiger partial charge in [-0.25, -0.2) is 13.1 Å². The lowest BCUT2D eigenvalue weighted by Gasteiger charge is -2.15. The van der Waals surface area contributed by atoms with Crippen molar-refractivity contribution in [2.24, 2.45) is 5.92 Å². The first kappa shape index (κ1) is 29.5. The predicted molar refractivity (Wildman–Crippen MR) is 148 cm³/mol. The number of hydrogen-bond donors (Lipinski definition) is 2. The van der Waals surface area contributed by atoms with E-state index in [0.717, 1.165) is 25.0 Å². The number of hydrogen-bond acceptors (Lipinski definition) is 8. The minimum atomic E-state index is -4.21. The zero-order valence-electron chi connectivity index (χ0n) is 22.2. The maximum Gasteiger partial charge on any atom is 0.272 e. The first-order valence-electron chi connectivity index (χ1n) is 12.7. The van der Waals surface area contributed by atoms with E-state index in [2.05, 4.69) is 15.1 Å². The van der Waals surface area contributed by atoms with Crippen molar-refractivity contribution in [3.05, 3.63) is 68.9 Å². The molecule has 1 fully saturated rings. The van der Waals surface area contributed by atoms with Gasteiger partial charge in [-0.15, -0.1) is 0 Å². The number of non-ortho nitro benzene ring substituents is 1. The zero-order chi connectivity index (χ0) is 29.0. The van der Waals surface area contributed by atoms with Gasteiger partial charge in [0.15, 0.2) is 5.69 Å². The quantitative estimate of drug-likeness (QED) is 0.246. The summed E-state index contributed by atoms with van der Waals surface area (Å²) in [6.07, 6.45) is 1.69. The second kappa shape index (κ2) is 12.3. The van der Waals surface area contributed by atoms with Crippen molar-refractivity contribution in [3.8, 4) is 17.3 Å². The minimum absolute atomic E-state index is 0.0119. The standard InChI is InChI=1S/C26H30ClN5O7S/c1-16(2)14-29-40(36,37)23-13-20(32(34)35)10-11-22(23)39-26-17(3)24(25(33)28-15-21-5-4-12-38-21)30-31(26)19-8-6-18(27)7-9-19/h6-11,13,16,21,29H,4-5,12,14-15H2,1-3H3,(H,28,33)/t21-/m0/s1. The second-order valence-corrected chi connectivity index (χ2v) is 11.9. The number of carbonyl (C=O) groups excluding carboxylic acids is 1. The van der Waals surface area contributed by atoms with Crippen LogP contribution < -0.4 is 14.8 Å². The van der Waals surface area contributed by atoms with Crippen LogP contribution in [0.5, 0.6) is 11.6 Å². The Morgan fingerprint density at radius 3 is 2.62 bits per heavy atom. The first-order chi connectivity index (χ1) is 19.0. The number of halogens is 1. The van der Waals surface area contributed by atoms with Gasteiger partial charge in [0.1, 0.15) is 10.6 Å². The van der Waals surface area contributed by atoms with Crippen molar-refractivity contribution in [1.29, 1.82) is 0 Å². The van der Waals surface area contributed by atoms with Gasteiger partial charge in [-0.3, -0.25) is 14.9 Å². The summed E-state index contributed by atoms with van der Waals surface area (Å²) in [6, 6.07) is 9.87. The number of sulfonamides is 1. The number of nitro groups is 1. The van der Waals surface area contributed by atoms with Gasteiger partial charge in [-0.1, -0.05) is 25.4 Å². The molecule has 1 saturated heterocycles. The molecular weight excluding hydrogens is 562 g/mol. The Bertz CT molecular complexity index is 1500. The fraction of sp³-hybridized carbons (Fsp3) is 0.385.